The van der Waals surface area contributed by atoms with E-state index >= 15 is 0 Å². The second-order valence-corrected chi connectivity index (χ2v) is 6.52. The van der Waals surface area contributed by atoms with E-state index in [2.05, 4.69) is 25.1 Å². The van der Waals surface area contributed by atoms with Crippen LogP contribution in [0.5, 0.6) is 0 Å². The Morgan fingerprint density at radius 2 is 1.77 bits per heavy atom. The van der Waals surface area contributed by atoms with Crippen LogP contribution in [0.3, 0.4) is 0 Å². The summed E-state index contributed by atoms with van der Waals surface area (Å²) in [6.07, 6.45) is 0. The summed E-state index contributed by atoms with van der Waals surface area (Å²) < 4.78 is 27.3. The topological polar surface area (TPSA) is 104 Å². The molecule has 0 atom stereocenters. The van der Waals surface area contributed by atoms with Crippen LogP contribution in [-0.4, -0.2) is 28.8 Å². The van der Waals surface area contributed by atoms with Crippen molar-refractivity contribution in [1.82, 2.24) is 20.4 Å². The number of aromatic nitrogens is 4. The van der Waals surface area contributed by atoms with Crippen molar-refractivity contribution in [3.63, 3.8) is 0 Å². The molecule has 0 saturated carbocycles. The SMILES string of the molecule is Cc1n[nH]c(C)c1S(=O)(=O)Nc1cc(-c2ccccc2)[nH]n1. The lowest BCUT2D eigenvalue weighted by molar-refractivity contribution is 0.600. The van der Waals surface area contributed by atoms with Crippen molar-refractivity contribution in [2.24, 2.45) is 0 Å². The van der Waals surface area contributed by atoms with Gasteiger partial charge in [-0.1, -0.05) is 30.3 Å². The monoisotopic (exact) mass is 317 g/mol. The number of aromatic amines is 2. The van der Waals surface area contributed by atoms with Gasteiger partial charge < -0.3 is 0 Å². The number of anilines is 1. The van der Waals surface area contributed by atoms with Crippen molar-refractivity contribution in [2.75, 3.05) is 4.72 Å². The zero-order valence-corrected chi connectivity index (χ0v) is 12.9. The molecule has 3 rings (SSSR count). The third-order valence-electron chi connectivity index (χ3n) is 3.23. The van der Waals surface area contributed by atoms with Crippen LogP contribution in [0.1, 0.15) is 11.4 Å². The Bertz CT molecular complexity index is 877. The molecule has 0 radical (unpaired) electrons. The van der Waals surface area contributed by atoms with E-state index < -0.39 is 10.0 Å². The van der Waals surface area contributed by atoms with Gasteiger partial charge in [0.2, 0.25) is 0 Å². The van der Waals surface area contributed by atoms with E-state index in [0.717, 1.165) is 11.3 Å². The average molecular weight is 317 g/mol. The van der Waals surface area contributed by atoms with Gasteiger partial charge in [-0.05, 0) is 19.4 Å². The Hall–Kier alpha value is -2.61. The minimum atomic E-state index is -3.73. The number of sulfonamides is 1. The second-order valence-electron chi connectivity index (χ2n) is 4.90. The molecule has 0 aliphatic rings. The number of benzene rings is 1. The fraction of sp³-hybridized carbons (Fsp3) is 0.143. The molecule has 114 valence electrons. The number of nitrogens with zero attached hydrogens (tertiary/aromatic N) is 2. The molecule has 0 bridgehead atoms. The molecule has 7 nitrogen and oxygen atoms in total. The molecular formula is C14H15N5O2S. The van der Waals surface area contributed by atoms with Crippen LogP contribution in [-0.2, 0) is 10.0 Å². The Kier molecular flexibility index (Phi) is 3.45. The van der Waals surface area contributed by atoms with Gasteiger partial charge in [-0.15, -0.1) is 0 Å². The van der Waals surface area contributed by atoms with Crippen LogP contribution in [0.25, 0.3) is 11.3 Å². The zero-order chi connectivity index (χ0) is 15.7. The van der Waals surface area contributed by atoms with Crippen LogP contribution in [0, 0.1) is 13.8 Å². The third-order valence-corrected chi connectivity index (χ3v) is 4.85. The van der Waals surface area contributed by atoms with Crippen molar-refractivity contribution in [3.05, 3.63) is 47.8 Å². The van der Waals surface area contributed by atoms with E-state index in [4.69, 9.17) is 0 Å². The highest BCUT2D eigenvalue weighted by molar-refractivity contribution is 7.92. The molecule has 3 aromatic rings. The molecule has 0 fully saturated rings. The Morgan fingerprint density at radius 1 is 1.05 bits per heavy atom. The number of H-pyrrole nitrogens is 2. The Balaban J connectivity index is 1.90. The summed E-state index contributed by atoms with van der Waals surface area (Å²) in [7, 11) is -3.73. The smallest absolute Gasteiger partial charge is 0.266 e. The molecule has 2 aromatic heterocycles. The number of aryl methyl sites for hydroxylation is 2. The Morgan fingerprint density at radius 3 is 2.41 bits per heavy atom. The highest BCUT2D eigenvalue weighted by atomic mass is 32.2. The van der Waals surface area contributed by atoms with Gasteiger partial charge in [0.25, 0.3) is 10.0 Å². The predicted octanol–water partition coefficient (Wildman–Crippen LogP) is 2.22. The maximum Gasteiger partial charge on any atom is 0.266 e. The lowest BCUT2D eigenvalue weighted by Gasteiger charge is -2.04. The van der Waals surface area contributed by atoms with Gasteiger partial charge >= 0.3 is 0 Å². The van der Waals surface area contributed by atoms with Gasteiger partial charge in [-0.25, -0.2) is 8.42 Å². The van der Waals surface area contributed by atoms with Gasteiger partial charge in [0.1, 0.15) is 4.90 Å². The summed E-state index contributed by atoms with van der Waals surface area (Å²) in [5.74, 6) is 0.235. The van der Waals surface area contributed by atoms with Crippen molar-refractivity contribution in [2.45, 2.75) is 18.7 Å². The molecule has 0 unspecified atom stereocenters. The van der Waals surface area contributed by atoms with E-state index in [1.54, 1.807) is 19.9 Å². The summed E-state index contributed by atoms with van der Waals surface area (Å²) >= 11 is 0. The summed E-state index contributed by atoms with van der Waals surface area (Å²) in [5, 5.41) is 13.4. The lowest BCUT2D eigenvalue weighted by Crippen LogP contribution is -2.14. The molecular weight excluding hydrogens is 302 g/mol. The summed E-state index contributed by atoms with van der Waals surface area (Å²) in [4.78, 5) is 0.150. The van der Waals surface area contributed by atoms with Gasteiger partial charge in [-0.2, -0.15) is 10.2 Å². The van der Waals surface area contributed by atoms with Gasteiger partial charge in [0, 0.05) is 6.07 Å². The number of nitrogens with one attached hydrogen (secondary N) is 3. The largest absolute Gasteiger partial charge is 0.281 e. The molecule has 0 amide bonds. The van der Waals surface area contributed by atoms with Gasteiger partial charge in [0.15, 0.2) is 5.82 Å². The van der Waals surface area contributed by atoms with Crippen LogP contribution < -0.4 is 4.72 Å². The molecule has 0 saturated heterocycles. The minimum absolute atomic E-state index is 0.150. The standard InChI is InChI=1S/C14H15N5O2S/c1-9-14(10(2)16-15-9)22(20,21)19-13-8-12(17-18-13)11-6-4-3-5-7-11/h3-8H,1-2H3,(H,15,16)(H2,17,18,19). The minimum Gasteiger partial charge on any atom is -0.281 e. The fourth-order valence-electron chi connectivity index (χ4n) is 2.26. The number of hydrogen-bond acceptors (Lipinski definition) is 4. The molecule has 22 heavy (non-hydrogen) atoms. The molecule has 2 heterocycles. The highest BCUT2D eigenvalue weighted by Gasteiger charge is 2.23. The Labute approximate surface area is 127 Å². The van der Waals surface area contributed by atoms with E-state index in [1.807, 2.05) is 30.3 Å². The van der Waals surface area contributed by atoms with Crippen LogP contribution in [0.15, 0.2) is 41.3 Å². The van der Waals surface area contributed by atoms with Crippen molar-refractivity contribution >= 4 is 15.8 Å². The van der Waals surface area contributed by atoms with Crippen LogP contribution in [0.2, 0.25) is 0 Å². The fourth-order valence-corrected chi connectivity index (χ4v) is 3.63. The maximum absolute atomic E-state index is 12.4. The zero-order valence-electron chi connectivity index (χ0n) is 12.1. The molecule has 3 N–H and O–H groups in total. The molecule has 8 heteroatoms. The first-order valence-corrected chi connectivity index (χ1v) is 8.11. The van der Waals surface area contributed by atoms with Gasteiger partial charge in [-0.3, -0.25) is 14.9 Å². The molecule has 0 aliphatic heterocycles. The van der Waals surface area contributed by atoms with Crippen molar-refractivity contribution in [3.8, 4) is 11.3 Å². The quantitative estimate of drug-likeness (QED) is 0.686. The molecule has 0 aliphatic carbocycles. The van der Waals surface area contributed by atoms with Crippen molar-refractivity contribution in [1.29, 1.82) is 0 Å². The van der Waals surface area contributed by atoms with E-state index in [9.17, 15) is 8.42 Å². The van der Waals surface area contributed by atoms with Crippen molar-refractivity contribution < 1.29 is 8.42 Å². The van der Waals surface area contributed by atoms with Crippen LogP contribution in [0.4, 0.5) is 5.82 Å². The average Bonchev–Trinajstić information content (AvgIpc) is 3.06. The highest BCUT2D eigenvalue weighted by Crippen LogP contribution is 2.23. The van der Waals surface area contributed by atoms with E-state index in [1.165, 1.54) is 0 Å². The van der Waals surface area contributed by atoms with Gasteiger partial charge in [0.05, 0.1) is 17.1 Å². The summed E-state index contributed by atoms with van der Waals surface area (Å²) in [6, 6.07) is 11.2. The first-order valence-electron chi connectivity index (χ1n) is 6.62. The number of rotatable bonds is 4. The van der Waals surface area contributed by atoms with E-state index in [0.29, 0.717) is 11.4 Å². The van der Waals surface area contributed by atoms with E-state index in [-0.39, 0.29) is 10.7 Å². The number of hydrogen-bond donors (Lipinski definition) is 3. The first kappa shape index (κ1) is 14.3. The molecule has 0 spiro atoms. The molecule has 1 aromatic carbocycles. The first-order chi connectivity index (χ1) is 10.5. The third kappa shape index (κ3) is 2.60. The summed E-state index contributed by atoms with van der Waals surface area (Å²) in [6.45, 7) is 3.30. The van der Waals surface area contributed by atoms with Crippen LogP contribution >= 0.6 is 0 Å². The predicted molar refractivity (Wildman–Crippen MR) is 82.9 cm³/mol. The lowest BCUT2D eigenvalue weighted by atomic mass is 10.2. The normalized spacial score (nSPS) is 11.5. The maximum atomic E-state index is 12.4. The second kappa shape index (κ2) is 5.30. The summed E-state index contributed by atoms with van der Waals surface area (Å²) in [5.41, 5.74) is 2.57.